The van der Waals surface area contributed by atoms with Crippen LogP contribution < -0.4 is 11.1 Å². The minimum Gasteiger partial charge on any atom is -0.368 e. The van der Waals surface area contributed by atoms with Crippen LogP contribution in [0.2, 0.25) is 0 Å². The van der Waals surface area contributed by atoms with Crippen molar-refractivity contribution in [1.29, 1.82) is 0 Å². The predicted molar refractivity (Wildman–Crippen MR) is 88.9 cm³/mol. The van der Waals surface area contributed by atoms with Crippen molar-refractivity contribution < 1.29 is 4.79 Å². The molecule has 0 aliphatic rings. The molecule has 0 aromatic carbocycles. The summed E-state index contributed by atoms with van der Waals surface area (Å²) >= 11 is 1.33. The summed E-state index contributed by atoms with van der Waals surface area (Å²) in [6, 6.07) is 3.91. The number of thioether (sulfide) groups is 1. The molecular weight excluding hydrogens is 314 g/mol. The number of hydrogen-bond donors (Lipinski definition) is 3. The van der Waals surface area contributed by atoms with Crippen LogP contribution in [-0.4, -0.2) is 42.2 Å². The maximum Gasteiger partial charge on any atom is 0.233 e. The van der Waals surface area contributed by atoms with E-state index in [0.717, 1.165) is 6.54 Å². The van der Waals surface area contributed by atoms with Crippen LogP contribution in [0.15, 0.2) is 35.9 Å². The van der Waals surface area contributed by atoms with Gasteiger partial charge in [0.2, 0.25) is 11.9 Å². The van der Waals surface area contributed by atoms with E-state index in [1.807, 2.05) is 36.0 Å². The molecule has 1 atom stereocenters. The highest BCUT2D eigenvalue weighted by Gasteiger charge is 2.18. The molecule has 4 N–H and O–H groups in total. The zero-order valence-corrected chi connectivity index (χ0v) is 13.4. The summed E-state index contributed by atoms with van der Waals surface area (Å²) in [5.74, 6) is 0.0966. The maximum atomic E-state index is 12.2. The Hall–Kier alpha value is -2.55. The van der Waals surface area contributed by atoms with E-state index in [1.54, 1.807) is 0 Å². The lowest BCUT2D eigenvalue weighted by atomic mass is 10.4. The van der Waals surface area contributed by atoms with Crippen molar-refractivity contribution in [1.82, 2.24) is 29.8 Å². The minimum atomic E-state index is -0.305. The van der Waals surface area contributed by atoms with Crippen LogP contribution >= 0.6 is 11.8 Å². The van der Waals surface area contributed by atoms with Gasteiger partial charge in [-0.25, -0.2) is 9.97 Å². The van der Waals surface area contributed by atoms with Crippen molar-refractivity contribution in [2.75, 3.05) is 12.3 Å². The Morgan fingerprint density at radius 2 is 2.22 bits per heavy atom. The number of hydrogen-bond acceptors (Lipinski definition) is 6. The number of amides is 1. The number of carbonyl (C=O) groups excluding carboxylic acids is 1. The summed E-state index contributed by atoms with van der Waals surface area (Å²) in [6.07, 6.45) is 5.45. The van der Waals surface area contributed by atoms with E-state index >= 15 is 0 Å². The van der Waals surface area contributed by atoms with Gasteiger partial charge in [0.1, 0.15) is 10.5 Å². The largest absolute Gasteiger partial charge is 0.368 e. The van der Waals surface area contributed by atoms with Gasteiger partial charge in [-0.05, 0) is 19.1 Å². The van der Waals surface area contributed by atoms with E-state index in [1.165, 1.54) is 18.1 Å². The van der Waals surface area contributed by atoms with Crippen molar-refractivity contribution in [3.8, 4) is 0 Å². The van der Waals surface area contributed by atoms with Gasteiger partial charge in [0.05, 0.1) is 11.6 Å². The number of anilines is 1. The van der Waals surface area contributed by atoms with Gasteiger partial charge in [-0.15, -0.1) is 0 Å². The fourth-order valence-corrected chi connectivity index (χ4v) is 3.04. The number of rotatable bonds is 6. The van der Waals surface area contributed by atoms with Crippen LogP contribution in [0.25, 0.3) is 11.2 Å². The highest BCUT2D eigenvalue weighted by Crippen LogP contribution is 2.27. The zero-order chi connectivity index (χ0) is 16.2. The van der Waals surface area contributed by atoms with Crippen LogP contribution in [0.5, 0.6) is 0 Å². The molecule has 1 unspecified atom stereocenters. The number of fused-ring (bicyclic) bond motifs is 1. The standard InChI is InChI=1S/C14H17N7OS/c1-9(12(22)16-4-7-21-5-2-3-6-21)23-13-10-11(18-8-17-10)19-14(15)20-13/h2-3,5-6,8-9H,4,7H2,1H3,(H,16,22)(H3,15,17,18,19,20). The quantitative estimate of drug-likeness (QED) is 0.459. The van der Waals surface area contributed by atoms with Crippen LogP contribution in [0.1, 0.15) is 6.92 Å². The van der Waals surface area contributed by atoms with E-state index in [4.69, 9.17) is 5.73 Å². The summed E-state index contributed by atoms with van der Waals surface area (Å²) in [5.41, 5.74) is 6.87. The van der Waals surface area contributed by atoms with Gasteiger partial charge in [-0.3, -0.25) is 4.79 Å². The second-order valence-corrected chi connectivity index (χ2v) is 6.29. The SMILES string of the molecule is CC(Sc1nc(N)nc2nc[nH]c12)C(=O)NCCn1cccc1. The molecule has 3 aromatic heterocycles. The Morgan fingerprint density at radius 3 is 3.00 bits per heavy atom. The first-order valence-corrected chi connectivity index (χ1v) is 8.03. The lowest BCUT2D eigenvalue weighted by Crippen LogP contribution is -2.33. The van der Waals surface area contributed by atoms with Crippen LogP contribution in [0.3, 0.4) is 0 Å². The predicted octanol–water partition coefficient (Wildman–Crippen LogP) is 1.03. The van der Waals surface area contributed by atoms with Gasteiger partial charge in [-0.1, -0.05) is 11.8 Å². The van der Waals surface area contributed by atoms with Gasteiger partial charge in [0.15, 0.2) is 5.65 Å². The smallest absolute Gasteiger partial charge is 0.233 e. The molecule has 0 aliphatic heterocycles. The molecule has 9 heteroatoms. The third-order valence-electron chi connectivity index (χ3n) is 3.26. The van der Waals surface area contributed by atoms with Crippen LogP contribution in [0.4, 0.5) is 5.95 Å². The molecule has 23 heavy (non-hydrogen) atoms. The Kier molecular flexibility index (Phi) is 4.47. The Labute approximate surface area is 136 Å². The van der Waals surface area contributed by atoms with Crippen molar-refractivity contribution >= 4 is 34.8 Å². The fourth-order valence-electron chi connectivity index (χ4n) is 2.10. The van der Waals surface area contributed by atoms with E-state index < -0.39 is 0 Å². The van der Waals surface area contributed by atoms with Crippen molar-refractivity contribution in [2.45, 2.75) is 23.7 Å². The average molecular weight is 331 g/mol. The topological polar surface area (TPSA) is 115 Å². The highest BCUT2D eigenvalue weighted by molar-refractivity contribution is 8.00. The molecule has 0 spiro atoms. The maximum absolute atomic E-state index is 12.2. The molecule has 0 saturated carbocycles. The van der Waals surface area contributed by atoms with E-state index in [9.17, 15) is 4.79 Å². The van der Waals surface area contributed by atoms with Gasteiger partial charge in [-0.2, -0.15) is 4.98 Å². The molecule has 3 rings (SSSR count). The van der Waals surface area contributed by atoms with Crippen molar-refractivity contribution in [3.63, 3.8) is 0 Å². The molecule has 3 heterocycles. The monoisotopic (exact) mass is 331 g/mol. The van der Waals surface area contributed by atoms with Gasteiger partial charge in [0.25, 0.3) is 0 Å². The number of nitrogens with one attached hydrogen (secondary N) is 2. The molecule has 0 aliphatic carbocycles. The minimum absolute atomic E-state index is 0.0491. The Balaban J connectivity index is 1.60. The molecule has 0 radical (unpaired) electrons. The summed E-state index contributed by atoms with van der Waals surface area (Å²) in [6.45, 7) is 3.14. The molecule has 8 nitrogen and oxygen atoms in total. The summed E-state index contributed by atoms with van der Waals surface area (Å²) < 4.78 is 2.01. The summed E-state index contributed by atoms with van der Waals surface area (Å²) in [4.78, 5) is 27.5. The normalized spacial score (nSPS) is 12.4. The second-order valence-electron chi connectivity index (χ2n) is 4.96. The van der Waals surface area contributed by atoms with Gasteiger partial charge < -0.3 is 20.6 Å². The molecule has 0 saturated heterocycles. The van der Waals surface area contributed by atoms with Gasteiger partial charge >= 0.3 is 0 Å². The molecule has 120 valence electrons. The number of nitrogens with zero attached hydrogens (tertiary/aromatic N) is 4. The number of nitrogens with two attached hydrogens (primary N) is 1. The third kappa shape index (κ3) is 3.62. The number of imidazole rings is 1. The van der Waals surface area contributed by atoms with Gasteiger partial charge in [0, 0.05) is 25.5 Å². The number of carbonyl (C=O) groups is 1. The lowest BCUT2D eigenvalue weighted by molar-refractivity contribution is -0.120. The van der Waals surface area contributed by atoms with E-state index in [-0.39, 0.29) is 17.1 Å². The Morgan fingerprint density at radius 1 is 1.43 bits per heavy atom. The van der Waals surface area contributed by atoms with E-state index in [2.05, 4.69) is 25.3 Å². The molecule has 3 aromatic rings. The third-order valence-corrected chi connectivity index (χ3v) is 4.35. The molecule has 0 fully saturated rings. The first-order valence-electron chi connectivity index (χ1n) is 7.15. The molecule has 1 amide bonds. The van der Waals surface area contributed by atoms with E-state index in [0.29, 0.717) is 22.7 Å². The number of aromatic amines is 1. The van der Waals surface area contributed by atoms with Crippen LogP contribution in [-0.2, 0) is 11.3 Å². The summed E-state index contributed by atoms with van der Waals surface area (Å²) in [5, 5.41) is 3.23. The molecular formula is C14H17N7OS. The summed E-state index contributed by atoms with van der Waals surface area (Å²) in [7, 11) is 0. The first-order chi connectivity index (χ1) is 11.1. The highest BCUT2D eigenvalue weighted by atomic mass is 32.2. The average Bonchev–Trinajstić information content (AvgIpc) is 3.17. The number of nitrogen functional groups attached to an aromatic ring is 1. The Bertz CT molecular complexity index is 799. The zero-order valence-electron chi connectivity index (χ0n) is 12.6. The molecule has 0 bridgehead atoms. The number of H-pyrrole nitrogens is 1. The second kappa shape index (κ2) is 6.69. The lowest BCUT2D eigenvalue weighted by Gasteiger charge is -2.12. The number of aromatic nitrogens is 5. The first kappa shape index (κ1) is 15.3. The fraction of sp³-hybridized carbons (Fsp3) is 0.286. The van der Waals surface area contributed by atoms with Crippen molar-refractivity contribution in [2.24, 2.45) is 0 Å². The van der Waals surface area contributed by atoms with Crippen LogP contribution in [0, 0.1) is 0 Å². The van der Waals surface area contributed by atoms with Crippen molar-refractivity contribution in [3.05, 3.63) is 30.9 Å².